The van der Waals surface area contributed by atoms with Gasteiger partial charge in [0.2, 0.25) is 0 Å². The first-order chi connectivity index (χ1) is 3.91. The van der Waals surface area contributed by atoms with Gasteiger partial charge in [-0.2, -0.15) is 0 Å². The van der Waals surface area contributed by atoms with Crippen LogP contribution in [0.4, 0.5) is 0 Å². The molecule has 9 heavy (non-hydrogen) atoms. The van der Waals surface area contributed by atoms with Gasteiger partial charge in [-0.1, -0.05) is 12.8 Å². The Morgan fingerprint density at radius 2 is 1.00 bits per heavy atom. The molecule has 0 aromatic heterocycles. The van der Waals surface area contributed by atoms with E-state index < -0.39 is 0 Å². The zero-order valence-corrected chi connectivity index (χ0v) is 6.77. The molecule has 0 unspecified atom stereocenters. The van der Waals surface area contributed by atoms with Gasteiger partial charge in [0, 0.05) is 0 Å². The minimum Gasteiger partial charge on any atom is -0.330 e. The van der Waals surface area contributed by atoms with Gasteiger partial charge in [0.1, 0.15) is 0 Å². The second kappa shape index (κ2) is 11.3. The van der Waals surface area contributed by atoms with E-state index in [2.05, 4.69) is 0 Å². The Kier molecular flexibility index (Phi) is 15.2. The van der Waals surface area contributed by atoms with Crippen LogP contribution in [0.3, 0.4) is 0 Å². The number of nitrogens with two attached hydrogens (primary N) is 2. The Balaban J connectivity index is 0. The molecule has 57 valence electrons. The van der Waals surface area contributed by atoms with Crippen molar-refractivity contribution in [3.8, 4) is 0 Å². The summed E-state index contributed by atoms with van der Waals surface area (Å²) in [5.41, 5.74) is 10.6. The second-order valence-corrected chi connectivity index (χ2v) is 1.99. The summed E-state index contributed by atoms with van der Waals surface area (Å²) < 4.78 is 0. The Morgan fingerprint density at radius 1 is 0.667 bits per heavy atom. The third-order valence-electron chi connectivity index (χ3n) is 1.16. The van der Waals surface area contributed by atoms with Crippen molar-refractivity contribution in [3.63, 3.8) is 0 Å². The van der Waals surface area contributed by atoms with E-state index in [0.717, 1.165) is 25.9 Å². The number of rotatable bonds is 5. The van der Waals surface area contributed by atoms with Crippen LogP contribution in [-0.4, -0.2) is 13.1 Å². The van der Waals surface area contributed by atoms with E-state index in [0.29, 0.717) is 0 Å². The summed E-state index contributed by atoms with van der Waals surface area (Å²) in [7, 11) is 0. The second-order valence-electron chi connectivity index (χ2n) is 1.99. The molecule has 0 aromatic rings. The van der Waals surface area contributed by atoms with Gasteiger partial charge in [-0.15, -0.1) is 0 Å². The van der Waals surface area contributed by atoms with Gasteiger partial charge >= 0.3 is 16.8 Å². The molecule has 3 heteroatoms. The first-order valence-electron chi connectivity index (χ1n) is 3.32. The topological polar surface area (TPSA) is 52.0 Å². The van der Waals surface area contributed by atoms with Crippen LogP contribution in [0.5, 0.6) is 0 Å². The number of unbranched alkanes of at least 4 members (excludes halogenated alkanes) is 3. The van der Waals surface area contributed by atoms with E-state index in [-0.39, 0.29) is 16.8 Å². The third-order valence-corrected chi connectivity index (χ3v) is 1.16. The molecule has 0 fully saturated rings. The normalized spacial score (nSPS) is 8.67. The van der Waals surface area contributed by atoms with Crippen molar-refractivity contribution >= 4 is 0 Å². The fourth-order valence-corrected chi connectivity index (χ4v) is 0.642. The maximum atomic E-state index is 5.28. The van der Waals surface area contributed by atoms with Crippen molar-refractivity contribution < 1.29 is 16.8 Å². The zero-order chi connectivity index (χ0) is 6.24. The summed E-state index contributed by atoms with van der Waals surface area (Å²) >= 11 is 0. The van der Waals surface area contributed by atoms with E-state index in [9.17, 15) is 0 Å². The Morgan fingerprint density at radius 3 is 1.22 bits per heavy atom. The monoisotopic (exact) mass is 175 g/mol. The smallest absolute Gasteiger partial charge is 0.330 e. The van der Waals surface area contributed by atoms with Gasteiger partial charge in [0.05, 0.1) is 0 Å². The van der Waals surface area contributed by atoms with Crippen molar-refractivity contribution in [2.75, 3.05) is 13.1 Å². The fourth-order valence-electron chi connectivity index (χ4n) is 0.642. The molecular weight excluding hydrogens is 159 g/mol. The SMILES string of the molecule is NCCCCCCN.[Co+2]. The molecule has 0 aliphatic carbocycles. The van der Waals surface area contributed by atoms with Gasteiger partial charge < -0.3 is 11.5 Å². The van der Waals surface area contributed by atoms with Crippen LogP contribution in [-0.2, 0) is 16.8 Å². The van der Waals surface area contributed by atoms with E-state index in [1.54, 1.807) is 0 Å². The van der Waals surface area contributed by atoms with E-state index in [1.165, 1.54) is 12.8 Å². The summed E-state index contributed by atoms with van der Waals surface area (Å²) in [4.78, 5) is 0. The van der Waals surface area contributed by atoms with Gasteiger partial charge in [-0.05, 0) is 25.9 Å². The maximum Gasteiger partial charge on any atom is 2.00 e. The van der Waals surface area contributed by atoms with E-state index in [1.807, 2.05) is 0 Å². The molecule has 2 nitrogen and oxygen atoms in total. The van der Waals surface area contributed by atoms with Crippen molar-refractivity contribution in [1.82, 2.24) is 0 Å². The average molecular weight is 175 g/mol. The molecule has 0 spiro atoms. The molecule has 0 aliphatic rings. The third kappa shape index (κ3) is 11.8. The molecule has 0 saturated carbocycles. The largest absolute Gasteiger partial charge is 2.00 e. The fraction of sp³-hybridized carbons (Fsp3) is 1.00. The average Bonchev–Trinajstić information content (AvgIpc) is 1.81. The van der Waals surface area contributed by atoms with E-state index in [4.69, 9.17) is 11.5 Å². The maximum absolute atomic E-state index is 5.28. The predicted molar refractivity (Wildman–Crippen MR) is 36.6 cm³/mol. The van der Waals surface area contributed by atoms with E-state index >= 15 is 0 Å². The van der Waals surface area contributed by atoms with Gasteiger partial charge in [0.25, 0.3) is 0 Å². The van der Waals surface area contributed by atoms with Gasteiger partial charge in [0.15, 0.2) is 0 Å². The predicted octanol–water partition coefficient (Wildman–Crippen LogP) is 0.462. The summed E-state index contributed by atoms with van der Waals surface area (Å²) in [6.45, 7) is 1.65. The minimum absolute atomic E-state index is 0. The molecule has 0 amide bonds. The van der Waals surface area contributed by atoms with Crippen molar-refractivity contribution in [2.45, 2.75) is 25.7 Å². The van der Waals surface area contributed by atoms with Crippen LogP contribution >= 0.6 is 0 Å². The molecule has 4 N–H and O–H groups in total. The summed E-state index contributed by atoms with van der Waals surface area (Å²) in [6.07, 6.45) is 4.79. The summed E-state index contributed by atoms with van der Waals surface area (Å²) in [5, 5.41) is 0. The molecule has 0 rings (SSSR count). The van der Waals surface area contributed by atoms with Crippen LogP contribution < -0.4 is 11.5 Å². The Bertz CT molecular complexity index is 36.0. The standard InChI is InChI=1S/C6H16N2.Co/c7-5-3-1-2-4-6-8;/h1-8H2;/q;+2. The first-order valence-corrected chi connectivity index (χ1v) is 3.32. The minimum atomic E-state index is 0. The van der Waals surface area contributed by atoms with Crippen LogP contribution in [0.1, 0.15) is 25.7 Å². The van der Waals surface area contributed by atoms with Crippen molar-refractivity contribution in [1.29, 1.82) is 0 Å². The van der Waals surface area contributed by atoms with Gasteiger partial charge in [-0.25, -0.2) is 0 Å². The molecule has 1 radical (unpaired) electrons. The number of hydrogen-bond donors (Lipinski definition) is 2. The summed E-state index contributed by atoms with van der Waals surface area (Å²) in [6, 6.07) is 0. The zero-order valence-electron chi connectivity index (χ0n) is 5.73. The molecule has 0 saturated heterocycles. The Hall–Kier alpha value is 0.426. The molecular formula is C6H16CoN2+2. The molecule has 0 heterocycles. The van der Waals surface area contributed by atoms with Gasteiger partial charge in [-0.3, -0.25) is 0 Å². The van der Waals surface area contributed by atoms with Crippen molar-refractivity contribution in [3.05, 3.63) is 0 Å². The summed E-state index contributed by atoms with van der Waals surface area (Å²) in [5.74, 6) is 0. The van der Waals surface area contributed by atoms with Crippen molar-refractivity contribution in [2.24, 2.45) is 11.5 Å². The van der Waals surface area contributed by atoms with Crippen LogP contribution in [0, 0.1) is 0 Å². The van der Waals surface area contributed by atoms with Crippen LogP contribution in [0.25, 0.3) is 0 Å². The van der Waals surface area contributed by atoms with Crippen LogP contribution in [0.2, 0.25) is 0 Å². The Labute approximate surface area is 67.6 Å². The quantitative estimate of drug-likeness (QED) is 0.596. The van der Waals surface area contributed by atoms with Crippen LogP contribution in [0.15, 0.2) is 0 Å². The molecule has 0 aliphatic heterocycles. The first kappa shape index (κ1) is 12.1. The number of hydrogen-bond acceptors (Lipinski definition) is 2. The molecule has 0 aromatic carbocycles. The molecule has 0 atom stereocenters. The molecule has 0 bridgehead atoms.